The second-order valence-electron chi connectivity index (χ2n) is 7.50. The number of hydrogen-bond acceptors (Lipinski definition) is 6. The number of nitrogens with one attached hydrogen (secondary N) is 1. The van der Waals surface area contributed by atoms with Crippen LogP contribution in [0.25, 0.3) is 0 Å². The Morgan fingerprint density at radius 3 is 2.73 bits per heavy atom. The van der Waals surface area contributed by atoms with Crippen LogP contribution in [0.15, 0.2) is 36.5 Å². The van der Waals surface area contributed by atoms with Crippen molar-refractivity contribution in [1.82, 2.24) is 10.3 Å². The van der Waals surface area contributed by atoms with Crippen LogP contribution in [0, 0.1) is 0 Å². The van der Waals surface area contributed by atoms with Crippen LogP contribution in [0.5, 0.6) is 17.2 Å². The van der Waals surface area contributed by atoms with Crippen molar-refractivity contribution < 1.29 is 19.0 Å². The first-order valence-corrected chi connectivity index (χ1v) is 8.50. The Labute approximate surface area is 151 Å². The maximum Gasteiger partial charge on any atom is 0.408 e. The molecule has 1 aromatic heterocycles. The van der Waals surface area contributed by atoms with Crippen LogP contribution < -0.4 is 20.5 Å². The fraction of sp³-hybridized carbons (Fsp3) is 0.368. The van der Waals surface area contributed by atoms with Gasteiger partial charge in [0, 0.05) is 17.8 Å². The van der Waals surface area contributed by atoms with Crippen molar-refractivity contribution in [2.45, 2.75) is 44.4 Å². The summed E-state index contributed by atoms with van der Waals surface area (Å²) in [5, 5.41) is 2.88. The first-order valence-electron chi connectivity index (χ1n) is 8.50. The number of nitrogens with zero attached hydrogens (tertiary/aromatic N) is 1. The minimum Gasteiger partial charge on any atom is -0.487 e. The highest BCUT2D eigenvalue weighted by atomic mass is 16.6. The lowest BCUT2D eigenvalue weighted by molar-refractivity contribution is 0.0514. The molecule has 0 bridgehead atoms. The second kappa shape index (κ2) is 5.79. The van der Waals surface area contributed by atoms with Crippen LogP contribution >= 0.6 is 0 Å². The molecule has 1 aromatic carbocycles. The van der Waals surface area contributed by atoms with E-state index in [1.165, 1.54) is 0 Å². The molecule has 0 radical (unpaired) electrons. The van der Waals surface area contributed by atoms with Gasteiger partial charge in [-0.05, 0) is 45.0 Å². The Kier molecular flexibility index (Phi) is 3.68. The lowest BCUT2D eigenvalue weighted by Gasteiger charge is -2.20. The third kappa shape index (κ3) is 3.24. The molecule has 1 amide bonds. The summed E-state index contributed by atoms with van der Waals surface area (Å²) >= 11 is 0. The van der Waals surface area contributed by atoms with Crippen molar-refractivity contribution >= 4 is 11.9 Å². The number of pyridine rings is 1. The van der Waals surface area contributed by atoms with Crippen LogP contribution in [-0.4, -0.2) is 28.8 Å². The van der Waals surface area contributed by atoms with Gasteiger partial charge in [-0.3, -0.25) is 0 Å². The molecule has 136 valence electrons. The van der Waals surface area contributed by atoms with E-state index in [4.69, 9.17) is 19.9 Å². The number of anilines is 1. The molecule has 2 heterocycles. The van der Waals surface area contributed by atoms with E-state index in [-0.39, 0.29) is 18.1 Å². The van der Waals surface area contributed by atoms with Crippen molar-refractivity contribution in [2.24, 2.45) is 0 Å². The zero-order chi connectivity index (χ0) is 18.5. The van der Waals surface area contributed by atoms with Gasteiger partial charge in [-0.2, -0.15) is 0 Å². The molecule has 3 atom stereocenters. The number of amides is 1. The lowest BCUT2D eigenvalue weighted by Crippen LogP contribution is -2.36. The van der Waals surface area contributed by atoms with E-state index in [0.717, 1.165) is 11.3 Å². The normalized spacial score (nSPS) is 22.7. The number of fused-ring (bicyclic) bond motifs is 3. The summed E-state index contributed by atoms with van der Waals surface area (Å²) in [6.07, 6.45) is 1.12. The van der Waals surface area contributed by atoms with Crippen molar-refractivity contribution in [1.29, 1.82) is 0 Å². The van der Waals surface area contributed by atoms with Crippen molar-refractivity contribution in [3.8, 4) is 17.2 Å². The second-order valence-corrected chi connectivity index (χ2v) is 7.50. The molecule has 3 N–H and O–H groups in total. The largest absolute Gasteiger partial charge is 0.487 e. The molecule has 1 saturated carbocycles. The summed E-state index contributed by atoms with van der Waals surface area (Å²) < 4.78 is 17.0. The fourth-order valence-corrected chi connectivity index (χ4v) is 3.15. The van der Waals surface area contributed by atoms with Gasteiger partial charge in [-0.15, -0.1) is 0 Å². The molecule has 2 aliphatic rings. The molecule has 1 aliphatic heterocycles. The van der Waals surface area contributed by atoms with E-state index in [9.17, 15) is 4.79 Å². The molecular formula is C19H21N3O4. The van der Waals surface area contributed by atoms with Gasteiger partial charge in [0.15, 0.2) is 0 Å². The number of nitrogens with two attached hydrogens (primary N) is 1. The fourth-order valence-electron chi connectivity index (χ4n) is 3.15. The Hall–Kier alpha value is -2.96. The SMILES string of the molecule is CC(C)(C)OC(=O)NC1C2Oc3ccc(Oc4ccnc(N)c4)cc3C12. The quantitative estimate of drug-likeness (QED) is 0.878. The number of hydrogen-bond donors (Lipinski definition) is 2. The van der Waals surface area contributed by atoms with Gasteiger partial charge in [-0.1, -0.05) is 0 Å². The minimum atomic E-state index is -0.528. The van der Waals surface area contributed by atoms with Gasteiger partial charge < -0.3 is 25.3 Å². The Balaban J connectivity index is 1.45. The number of carbonyl (C=O) groups is 1. The molecule has 3 unspecified atom stereocenters. The van der Waals surface area contributed by atoms with Gasteiger partial charge in [0.2, 0.25) is 0 Å². The van der Waals surface area contributed by atoms with E-state index in [2.05, 4.69) is 10.3 Å². The van der Waals surface area contributed by atoms with E-state index in [0.29, 0.717) is 17.3 Å². The highest BCUT2D eigenvalue weighted by Crippen LogP contribution is 2.54. The molecule has 1 fully saturated rings. The van der Waals surface area contributed by atoms with Crippen molar-refractivity contribution in [2.75, 3.05) is 5.73 Å². The zero-order valence-corrected chi connectivity index (χ0v) is 14.9. The third-order valence-corrected chi connectivity index (χ3v) is 4.23. The summed E-state index contributed by atoms with van der Waals surface area (Å²) in [6, 6.07) is 8.99. The number of benzene rings is 1. The Morgan fingerprint density at radius 2 is 2.00 bits per heavy atom. The first-order chi connectivity index (χ1) is 12.3. The summed E-state index contributed by atoms with van der Waals surface area (Å²) in [5.41, 5.74) is 6.17. The predicted octanol–water partition coefficient (Wildman–Crippen LogP) is 3.21. The molecule has 2 aromatic rings. The van der Waals surface area contributed by atoms with E-state index >= 15 is 0 Å². The zero-order valence-electron chi connectivity index (χ0n) is 14.9. The Morgan fingerprint density at radius 1 is 1.23 bits per heavy atom. The summed E-state index contributed by atoms with van der Waals surface area (Å²) in [7, 11) is 0. The van der Waals surface area contributed by atoms with Gasteiger partial charge in [0.1, 0.15) is 34.8 Å². The summed E-state index contributed by atoms with van der Waals surface area (Å²) in [5.74, 6) is 2.64. The molecule has 4 rings (SSSR count). The molecule has 7 nitrogen and oxygen atoms in total. The van der Waals surface area contributed by atoms with E-state index in [1.54, 1.807) is 18.3 Å². The maximum atomic E-state index is 12.0. The molecule has 7 heteroatoms. The number of nitrogen functional groups attached to an aromatic ring is 1. The number of alkyl carbamates (subject to hydrolysis) is 1. The molecule has 0 saturated heterocycles. The van der Waals surface area contributed by atoms with Crippen molar-refractivity contribution in [3.63, 3.8) is 0 Å². The van der Waals surface area contributed by atoms with Gasteiger partial charge >= 0.3 is 6.09 Å². The van der Waals surface area contributed by atoms with Gasteiger partial charge in [0.25, 0.3) is 0 Å². The first kappa shape index (κ1) is 16.5. The molecule has 0 spiro atoms. The number of carbonyl (C=O) groups excluding carboxylic acids is 1. The summed E-state index contributed by atoms with van der Waals surface area (Å²) in [6.45, 7) is 5.50. The topological polar surface area (TPSA) is 95.7 Å². The average Bonchev–Trinajstić information content (AvgIpc) is 3.04. The summed E-state index contributed by atoms with van der Waals surface area (Å²) in [4.78, 5) is 15.9. The average molecular weight is 355 g/mol. The van der Waals surface area contributed by atoms with Crippen molar-refractivity contribution in [3.05, 3.63) is 42.1 Å². The van der Waals surface area contributed by atoms with Gasteiger partial charge in [-0.25, -0.2) is 9.78 Å². The van der Waals surface area contributed by atoms with Crippen LogP contribution in [0.1, 0.15) is 32.3 Å². The highest BCUT2D eigenvalue weighted by Gasteiger charge is 2.60. The van der Waals surface area contributed by atoms with Crippen LogP contribution in [0.2, 0.25) is 0 Å². The van der Waals surface area contributed by atoms with E-state index in [1.807, 2.05) is 39.0 Å². The number of rotatable bonds is 3. The smallest absolute Gasteiger partial charge is 0.408 e. The third-order valence-electron chi connectivity index (χ3n) is 4.23. The van der Waals surface area contributed by atoms with Crippen LogP contribution in [0.4, 0.5) is 10.6 Å². The molecule has 26 heavy (non-hydrogen) atoms. The monoisotopic (exact) mass is 355 g/mol. The van der Waals surface area contributed by atoms with Gasteiger partial charge in [0.05, 0.1) is 12.0 Å². The molecule has 1 aliphatic carbocycles. The Bertz CT molecular complexity index is 862. The standard InChI is InChI=1S/C19H21N3O4/c1-19(2,3)26-18(23)22-16-15-12-8-10(4-5-13(12)25-17(15)16)24-11-6-7-21-14(20)9-11/h4-9,15-17H,1-3H3,(H2,20,21)(H,22,23). The minimum absolute atomic E-state index is 0.0515. The van der Waals surface area contributed by atoms with Crippen LogP contribution in [-0.2, 0) is 4.74 Å². The number of ether oxygens (including phenoxy) is 3. The van der Waals surface area contributed by atoms with Crippen LogP contribution in [0.3, 0.4) is 0 Å². The molecular weight excluding hydrogens is 334 g/mol. The number of aromatic nitrogens is 1. The van der Waals surface area contributed by atoms with E-state index < -0.39 is 11.7 Å². The predicted molar refractivity (Wildman–Crippen MR) is 95.5 cm³/mol. The maximum absolute atomic E-state index is 12.0. The lowest BCUT2D eigenvalue weighted by atomic mass is 10.1. The highest BCUT2D eigenvalue weighted by molar-refractivity contribution is 5.70.